The largest absolute Gasteiger partial charge is 0.389 e. The number of thiocarbonyl (C=S) groups is 1. The summed E-state index contributed by atoms with van der Waals surface area (Å²) in [7, 11) is 0. The van der Waals surface area contributed by atoms with Crippen molar-refractivity contribution in [3.8, 4) is 0 Å². The van der Waals surface area contributed by atoms with Crippen LogP contribution in [0.4, 0.5) is 5.69 Å². The number of benzene rings is 1. The molecule has 2 aromatic rings. The predicted molar refractivity (Wildman–Crippen MR) is 82.1 cm³/mol. The molecule has 0 radical (unpaired) electrons. The van der Waals surface area contributed by atoms with Crippen molar-refractivity contribution in [2.45, 2.75) is 6.92 Å². The van der Waals surface area contributed by atoms with Crippen molar-refractivity contribution in [3.05, 3.63) is 63.6 Å². The predicted octanol–water partition coefficient (Wildman–Crippen LogP) is 1.57. The number of carbonyl (C=O) groups is 1. The van der Waals surface area contributed by atoms with Crippen LogP contribution in [0.2, 0.25) is 0 Å². The summed E-state index contributed by atoms with van der Waals surface area (Å²) in [5.74, 6) is -0.343. The molecule has 0 bridgehead atoms. The van der Waals surface area contributed by atoms with Gasteiger partial charge < -0.3 is 16.0 Å². The minimum Gasteiger partial charge on any atom is -0.389 e. The summed E-state index contributed by atoms with van der Waals surface area (Å²) in [4.78, 5) is 25.7. The number of rotatable bonds is 3. The molecule has 4 N–H and O–H groups in total. The Labute approximate surface area is 120 Å². The van der Waals surface area contributed by atoms with Crippen LogP contribution >= 0.6 is 12.2 Å². The van der Waals surface area contributed by atoms with E-state index in [1.165, 1.54) is 18.3 Å². The topological polar surface area (TPSA) is 88.0 Å². The number of carbonyl (C=O) groups excluding carboxylic acids is 1. The van der Waals surface area contributed by atoms with E-state index in [9.17, 15) is 9.59 Å². The SMILES string of the molecule is Cc1cccc(NC(=O)c2ccc(=O)[nH]c2)c1C(N)=S. The molecule has 1 amide bonds. The van der Waals surface area contributed by atoms with E-state index >= 15 is 0 Å². The van der Waals surface area contributed by atoms with E-state index in [-0.39, 0.29) is 16.5 Å². The number of H-pyrrole nitrogens is 1. The molecular weight excluding hydrogens is 274 g/mol. The zero-order valence-corrected chi connectivity index (χ0v) is 11.6. The average Bonchev–Trinajstić information content (AvgIpc) is 2.39. The molecule has 102 valence electrons. The second kappa shape index (κ2) is 5.66. The van der Waals surface area contributed by atoms with Crippen LogP contribution < -0.4 is 16.6 Å². The zero-order valence-electron chi connectivity index (χ0n) is 10.8. The van der Waals surface area contributed by atoms with Crippen molar-refractivity contribution in [1.29, 1.82) is 0 Å². The Morgan fingerprint density at radius 3 is 2.65 bits per heavy atom. The number of pyridine rings is 1. The third-order valence-corrected chi connectivity index (χ3v) is 3.02. The highest BCUT2D eigenvalue weighted by atomic mass is 32.1. The van der Waals surface area contributed by atoms with Crippen LogP contribution in [0.5, 0.6) is 0 Å². The number of anilines is 1. The highest BCUT2D eigenvalue weighted by molar-refractivity contribution is 7.80. The summed E-state index contributed by atoms with van der Waals surface area (Å²) in [6.45, 7) is 1.87. The van der Waals surface area contributed by atoms with Crippen LogP contribution in [-0.4, -0.2) is 15.9 Å². The molecule has 20 heavy (non-hydrogen) atoms. The van der Waals surface area contributed by atoms with Gasteiger partial charge in [0, 0.05) is 17.8 Å². The van der Waals surface area contributed by atoms with Crippen LogP contribution in [0.25, 0.3) is 0 Å². The lowest BCUT2D eigenvalue weighted by Gasteiger charge is -2.12. The Bertz CT molecular complexity index is 717. The summed E-state index contributed by atoms with van der Waals surface area (Å²) >= 11 is 5.00. The molecule has 1 aromatic carbocycles. The average molecular weight is 287 g/mol. The van der Waals surface area contributed by atoms with Crippen molar-refractivity contribution in [2.75, 3.05) is 5.32 Å². The van der Waals surface area contributed by atoms with E-state index in [1.807, 2.05) is 13.0 Å². The van der Waals surface area contributed by atoms with Crippen molar-refractivity contribution in [2.24, 2.45) is 5.73 Å². The molecule has 5 nitrogen and oxygen atoms in total. The number of aromatic amines is 1. The van der Waals surface area contributed by atoms with Gasteiger partial charge in [-0.25, -0.2) is 0 Å². The maximum Gasteiger partial charge on any atom is 0.257 e. The Morgan fingerprint density at radius 1 is 1.30 bits per heavy atom. The number of aromatic nitrogens is 1. The molecule has 2 rings (SSSR count). The van der Waals surface area contributed by atoms with E-state index in [4.69, 9.17) is 18.0 Å². The second-order valence-corrected chi connectivity index (χ2v) is 4.70. The van der Waals surface area contributed by atoms with Crippen LogP contribution in [0, 0.1) is 6.92 Å². The zero-order chi connectivity index (χ0) is 14.7. The molecule has 0 saturated carbocycles. The molecular formula is C14H13N3O2S. The highest BCUT2D eigenvalue weighted by Gasteiger charge is 2.12. The van der Waals surface area contributed by atoms with Crippen LogP contribution in [-0.2, 0) is 0 Å². The molecule has 6 heteroatoms. The van der Waals surface area contributed by atoms with Crippen LogP contribution in [0.3, 0.4) is 0 Å². The van der Waals surface area contributed by atoms with Gasteiger partial charge in [0.1, 0.15) is 4.99 Å². The first-order valence-corrected chi connectivity index (χ1v) is 6.29. The number of hydrogen-bond acceptors (Lipinski definition) is 3. The Morgan fingerprint density at radius 2 is 2.05 bits per heavy atom. The van der Waals surface area contributed by atoms with Gasteiger partial charge in [-0.05, 0) is 24.6 Å². The van der Waals surface area contributed by atoms with E-state index in [0.717, 1.165) is 5.56 Å². The Kier molecular flexibility index (Phi) is 3.95. The van der Waals surface area contributed by atoms with Gasteiger partial charge in [0.15, 0.2) is 0 Å². The normalized spacial score (nSPS) is 10.1. The lowest BCUT2D eigenvalue weighted by atomic mass is 10.1. The highest BCUT2D eigenvalue weighted by Crippen LogP contribution is 2.20. The fourth-order valence-corrected chi connectivity index (χ4v) is 2.12. The molecule has 1 aromatic heterocycles. The lowest BCUT2D eigenvalue weighted by Crippen LogP contribution is -2.19. The number of aryl methyl sites for hydroxylation is 1. The van der Waals surface area contributed by atoms with Gasteiger partial charge in [-0.3, -0.25) is 9.59 Å². The first-order chi connectivity index (χ1) is 9.49. The van der Waals surface area contributed by atoms with Crippen LogP contribution in [0.15, 0.2) is 41.3 Å². The minimum absolute atomic E-state index is 0.222. The molecule has 0 saturated heterocycles. The van der Waals surface area contributed by atoms with Crippen LogP contribution in [0.1, 0.15) is 21.5 Å². The van der Waals surface area contributed by atoms with Gasteiger partial charge in [0.2, 0.25) is 5.56 Å². The number of nitrogens with two attached hydrogens (primary N) is 1. The Hall–Kier alpha value is -2.47. The van der Waals surface area contributed by atoms with E-state index in [0.29, 0.717) is 16.8 Å². The van der Waals surface area contributed by atoms with Crippen molar-refractivity contribution >= 4 is 28.8 Å². The third-order valence-electron chi connectivity index (χ3n) is 2.81. The van der Waals surface area contributed by atoms with E-state index < -0.39 is 0 Å². The summed E-state index contributed by atoms with van der Waals surface area (Å²) < 4.78 is 0. The summed E-state index contributed by atoms with van der Waals surface area (Å²) in [5, 5.41) is 2.74. The molecule has 0 aliphatic rings. The molecule has 0 atom stereocenters. The van der Waals surface area contributed by atoms with Gasteiger partial charge in [-0.2, -0.15) is 0 Å². The third kappa shape index (κ3) is 2.92. The standard InChI is InChI=1S/C14H13N3O2S/c1-8-3-2-4-10(12(8)13(15)20)17-14(19)9-5-6-11(18)16-7-9/h2-7H,1H3,(H2,15,20)(H,16,18)(H,17,19). The van der Waals surface area contributed by atoms with Gasteiger partial charge in [0.25, 0.3) is 5.91 Å². The molecule has 0 fully saturated rings. The minimum atomic E-state index is -0.343. The van der Waals surface area contributed by atoms with Crippen molar-refractivity contribution in [1.82, 2.24) is 4.98 Å². The molecule has 0 aliphatic heterocycles. The maximum absolute atomic E-state index is 12.1. The molecule has 0 unspecified atom stereocenters. The fraction of sp³-hybridized carbons (Fsp3) is 0.0714. The summed E-state index contributed by atoms with van der Waals surface area (Å²) in [6.07, 6.45) is 1.36. The van der Waals surface area contributed by atoms with E-state index in [2.05, 4.69) is 10.3 Å². The first-order valence-electron chi connectivity index (χ1n) is 5.88. The molecule has 1 heterocycles. The number of hydrogen-bond donors (Lipinski definition) is 3. The monoisotopic (exact) mass is 287 g/mol. The molecule has 0 spiro atoms. The van der Waals surface area contributed by atoms with Gasteiger partial charge >= 0.3 is 0 Å². The number of amides is 1. The number of nitrogens with one attached hydrogen (secondary N) is 2. The van der Waals surface area contributed by atoms with E-state index in [1.54, 1.807) is 12.1 Å². The summed E-state index contributed by atoms with van der Waals surface area (Å²) in [5.41, 5.74) is 7.84. The lowest BCUT2D eigenvalue weighted by molar-refractivity contribution is 0.102. The maximum atomic E-state index is 12.1. The summed E-state index contributed by atoms with van der Waals surface area (Å²) in [6, 6.07) is 8.14. The van der Waals surface area contributed by atoms with Gasteiger partial charge in [-0.15, -0.1) is 0 Å². The smallest absolute Gasteiger partial charge is 0.257 e. The van der Waals surface area contributed by atoms with Crippen molar-refractivity contribution < 1.29 is 4.79 Å². The Balaban J connectivity index is 2.33. The fourth-order valence-electron chi connectivity index (χ4n) is 1.85. The van der Waals surface area contributed by atoms with Gasteiger partial charge in [0.05, 0.1) is 11.3 Å². The molecule has 0 aliphatic carbocycles. The second-order valence-electron chi connectivity index (χ2n) is 4.26. The quantitative estimate of drug-likeness (QED) is 0.748. The van der Waals surface area contributed by atoms with Gasteiger partial charge in [-0.1, -0.05) is 24.4 Å². The first kappa shape index (κ1) is 14.0. The van der Waals surface area contributed by atoms with Crippen molar-refractivity contribution in [3.63, 3.8) is 0 Å².